The first-order valence-electron chi connectivity index (χ1n) is 7.01. The molecule has 2 amide bonds. The first-order valence-corrected chi connectivity index (χ1v) is 7.76. The van der Waals surface area contributed by atoms with E-state index in [2.05, 4.69) is 5.32 Å². The van der Waals surface area contributed by atoms with Gasteiger partial charge < -0.3 is 15.2 Å². The van der Waals surface area contributed by atoms with Gasteiger partial charge in [0.25, 0.3) is 11.8 Å². The van der Waals surface area contributed by atoms with E-state index in [1.165, 1.54) is 36.4 Å². The average molecular weight is 376 g/mol. The van der Waals surface area contributed by atoms with Gasteiger partial charge in [-0.1, -0.05) is 35.3 Å². The molecule has 25 heavy (non-hydrogen) atoms. The highest BCUT2D eigenvalue weighted by Gasteiger charge is 2.38. The molecule has 0 bridgehead atoms. The van der Waals surface area contributed by atoms with E-state index in [1.54, 1.807) is 12.1 Å². The number of carbonyl (C=O) groups excluding carboxylic acids is 3. The first kappa shape index (κ1) is 17.0. The Labute approximate surface area is 152 Å². The van der Waals surface area contributed by atoms with Gasteiger partial charge in [-0.15, -0.1) is 0 Å². The molecule has 8 heteroatoms. The molecule has 1 aliphatic heterocycles. The van der Waals surface area contributed by atoms with Gasteiger partial charge in [0.2, 0.25) is 0 Å². The second-order valence-electron chi connectivity index (χ2n) is 5.10. The molecule has 1 aliphatic rings. The van der Waals surface area contributed by atoms with Crippen LogP contribution in [0, 0.1) is 0 Å². The Hall–Kier alpha value is -2.83. The number of nitrogens with zero attached hydrogens (tertiary/aromatic N) is 1. The second-order valence-corrected chi connectivity index (χ2v) is 5.92. The smallest absolute Gasteiger partial charge is 0.283 e. The van der Waals surface area contributed by atoms with Crippen molar-refractivity contribution in [1.82, 2.24) is 0 Å². The van der Waals surface area contributed by atoms with E-state index in [9.17, 15) is 19.5 Å². The van der Waals surface area contributed by atoms with Crippen LogP contribution < -0.4 is 15.3 Å². The van der Waals surface area contributed by atoms with Crippen molar-refractivity contribution >= 4 is 52.4 Å². The topological polar surface area (TPSA) is 89.5 Å². The second kappa shape index (κ2) is 6.58. The number of rotatable bonds is 4. The molecule has 0 saturated heterocycles. The molecule has 6 nitrogen and oxygen atoms in total. The van der Waals surface area contributed by atoms with Gasteiger partial charge in [0.1, 0.15) is 10.7 Å². The highest BCUT2D eigenvalue weighted by Crippen LogP contribution is 2.30. The lowest BCUT2D eigenvalue weighted by Crippen LogP contribution is -2.32. The van der Waals surface area contributed by atoms with Crippen LogP contribution in [-0.2, 0) is 9.59 Å². The van der Waals surface area contributed by atoms with Gasteiger partial charge in [-0.25, -0.2) is 4.90 Å². The minimum Gasteiger partial charge on any atom is -0.545 e. The quantitative estimate of drug-likeness (QED) is 0.826. The maximum absolute atomic E-state index is 12.6. The number of hydrogen-bond donors (Lipinski definition) is 1. The van der Waals surface area contributed by atoms with Crippen molar-refractivity contribution in [3.63, 3.8) is 0 Å². The van der Waals surface area contributed by atoms with Gasteiger partial charge >= 0.3 is 0 Å². The largest absolute Gasteiger partial charge is 0.545 e. The zero-order valence-corrected chi connectivity index (χ0v) is 14.0. The molecule has 1 heterocycles. The van der Waals surface area contributed by atoms with Gasteiger partial charge in [0, 0.05) is 10.7 Å². The predicted octanol–water partition coefficient (Wildman–Crippen LogP) is 2.14. The van der Waals surface area contributed by atoms with Crippen molar-refractivity contribution in [3.05, 3.63) is 69.8 Å². The Morgan fingerprint density at radius 2 is 1.68 bits per heavy atom. The fraction of sp³-hybridized carbons (Fsp3) is 0. The number of imide groups is 1. The molecule has 1 N–H and O–H groups in total. The van der Waals surface area contributed by atoms with Crippen LogP contribution in [0.2, 0.25) is 5.02 Å². The van der Waals surface area contributed by atoms with E-state index in [-0.39, 0.29) is 22.0 Å². The third-order valence-corrected chi connectivity index (χ3v) is 4.08. The zero-order valence-electron chi connectivity index (χ0n) is 12.5. The molecule has 0 atom stereocenters. The summed E-state index contributed by atoms with van der Waals surface area (Å²) in [5, 5.41) is 13.8. The molecule has 126 valence electrons. The number of carboxylic acids is 1. The van der Waals surface area contributed by atoms with E-state index >= 15 is 0 Å². The summed E-state index contributed by atoms with van der Waals surface area (Å²) in [6.07, 6.45) is 0. The summed E-state index contributed by atoms with van der Waals surface area (Å²) in [6, 6.07) is 11.7. The predicted molar refractivity (Wildman–Crippen MR) is 91.2 cm³/mol. The average Bonchev–Trinajstić information content (AvgIpc) is 2.80. The van der Waals surface area contributed by atoms with E-state index in [0.29, 0.717) is 10.7 Å². The third kappa shape index (κ3) is 3.22. The fourth-order valence-electron chi connectivity index (χ4n) is 2.30. The van der Waals surface area contributed by atoms with Crippen molar-refractivity contribution in [1.29, 1.82) is 0 Å². The Bertz CT molecular complexity index is 923. The number of amides is 2. The molecule has 2 aromatic rings. The monoisotopic (exact) mass is 375 g/mol. The Morgan fingerprint density at radius 1 is 1.00 bits per heavy atom. The molecule has 3 rings (SSSR count). The highest BCUT2D eigenvalue weighted by molar-refractivity contribution is 6.53. The lowest BCUT2D eigenvalue weighted by Gasteiger charge is -2.15. The van der Waals surface area contributed by atoms with Gasteiger partial charge in [-0.05, 0) is 42.0 Å². The van der Waals surface area contributed by atoms with Crippen LogP contribution in [0.5, 0.6) is 0 Å². The maximum Gasteiger partial charge on any atom is 0.283 e. The first-order chi connectivity index (χ1) is 11.9. The van der Waals surface area contributed by atoms with Crippen molar-refractivity contribution < 1.29 is 19.5 Å². The summed E-state index contributed by atoms with van der Waals surface area (Å²) >= 11 is 11.8. The van der Waals surface area contributed by atoms with Crippen LogP contribution in [0.15, 0.2) is 59.3 Å². The number of hydrogen-bond acceptors (Lipinski definition) is 5. The van der Waals surface area contributed by atoms with Crippen LogP contribution in [0.3, 0.4) is 0 Å². The van der Waals surface area contributed by atoms with Gasteiger partial charge in [0.15, 0.2) is 0 Å². The van der Waals surface area contributed by atoms with Gasteiger partial charge in [-0.2, -0.15) is 0 Å². The standard InChI is InChI=1S/C17H10Cl2N2O4/c18-10-4-6-12(7-5-10)21-15(22)13(19)14(16(21)23)20-11-3-1-2-9(8-11)17(24)25/h1-8,20H,(H,24,25)/p-1. The summed E-state index contributed by atoms with van der Waals surface area (Å²) in [5.74, 6) is -2.70. The van der Waals surface area contributed by atoms with E-state index < -0.39 is 17.8 Å². The van der Waals surface area contributed by atoms with Crippen molar-refractivity contribution in [2.45, 2.75) is 0 Å². The molecule has 2 aromatic carbocycles. The summed E-state index contributed by atoms with van der Waals surface area (Å²) in [7, 11) is 0. The third-order valence-electron chi connectivity index (χ3n) is 3.48. The number of nitrogens with one attached hydrogen (secondary N) is 1. The van der Waals surface area contributed by atoms with Gasteiger partial charge in [-0.3, -0.25) is 9.59 Å². The number of benzene rings is 2. The van der Waals surface area contributed by atoms with Gasteiger partial charge in [0.05, 0.1) is 11.7 Å². The SMILES string of the molecule is O=C([O-])c1cccc(NC2=C(Cl)C(=O)N(c3ccc(Cl)cc3)C2=O)c1. The summed E-state index contributed by atoms with van der Waals surface area (Å²) in [6.45, 7) is 0. The van der Waals surface area contributed by atoms with E-state index in [1.807, 2.05) is 0 Å². The Morgan fingerprint density at radius 3 is 2.32 bits per heavy atom. The molecule has 0 fully saturated rings. The lowest BCUT2D eigenvalue weighted by atomic mass is 10.2. The lowest BCUT2D eigenvalue weighted by molar-refractivity contribution is -0.255. The number of aromatic carboxylic acids is 1. The molecule has 0 aromatic heterocycles. The van der Waals surface area contributed by atoms with Crippen molar-refractivity contribution in [3.8, 4) is 0 Å². The molecule has 0 spiro atoms. The van der Waals surface area contributed by atoms with Crippen LogP contribution in [0.25, 0.3) is 0 Å². The summed E-state index contributed by atoms with van der Waals surface area (Å²) in [4.78, 5) is 36.7. The number of carboxylic acid groups (broad SMARTS) is 1. The number of halogens is 2. The van der Waals surface area contributed by atoms with Crippen LogP contribution >= 0.6 is 23.2 Å². The minimum absolute atomic E-state index is 0.0759. The fourth-order valence-corrected chi connectivity index (χ4v) is 2.64. The highest BCUT2D eigenvalue weighted by atomic mass is 35.5. The maximum atomic E-state index is 12.6. The number of anilines is 2. The van der Waals surface area contributed by atoms with Crippen molar-refractivity contribution in [2.75, 3.05) is 10.2 Å². The Balaban J connectivity index is 1.91. The van der Waals surface area contributed by atoms with Crippen molar-refractivity contribution in [2.24, 2.45) is 0 Å². The van der Waals surface area contributed by atoms with E-state index in [4.69, 9.17) is 23.2 Å². The molecule has 0 unspecified atom stereocenters. The molecular formula is C17H9Cl2N2O4-. The summed E-state index contributed by atoms with van der Waals surface area (Å²) in [5.41, 5.74) is 0.386. The zero-order chi connectivity index (χ0) is 18.1. The number of carbonyl (C=O) groups is 3. The normalized spacial score (nSPS) is 14.2. The molecule has 0 radical (unpaired) electrons. The minimum atomic E-state index is -1.36. The molecule has 0 aliphatic carbocycles. The molecule has 0 saturated carbocycles. The van der Waals surface area contributed by atoms with E-state index in [0.717, 1.165) is 4.90 Å². The summed E-state index contributed by atoms with van der Waals surface area (Å²) < 4.78 is 0. The van der Waals surface area contributed by atoms with Crippen LogP contribution in [0.4, 0.5) is 11.4 Å². The molecular weight excluding hydrogens is 367 g/mol. The van der Waals surface area contributed by atoms with Crippen LogP contribution in [-0.4, -0.2) is 17.8 Å². The Kier molecular flexibility index (Phi) is 4.48. The van der Waals surface area contributed by atoms with Crippen LogP contribution in [0.1, 0.15) is 10.4 Å².